The number of hydrogen-bond donors (Lipinski definition) is 0. The summed E-state index contributed by atoms with van der Waals surface area (Å²) in [5.41, 5.74) is 2.06. The highest BCUT2D eigenvalue weighted by molar-refractivity contribution is 6.29. The second-order valence-electron chi connectivity index (χ2n) is 5.50. The van der Waals surface area contributed by atoms with Crippen molar-refractivity contribution in [3.63, 3.8) is 0 Å². The standard InChI is InChI=1S/C17H11N5O3/c23-14-10-15-18-19-20-21(15)17(16(14)11-5-2-1-3-6-11)12-7-4-8-13(9-12)22(24)25/h1-9H,10H2. The van der Waals surface area contributed by atoms with E-state index < -0.39 is 4.92 Å². The van der Waals surface area contributed by atoms with Gasteiger partial charge < -0.3 is 0 Å². The molecule has 8 heteroatoms. The van der Waals surface area contributed by atoms with Crippen molar-refractivity contribution in [3.05, 3.63) is 81.7 Å². The maximum atomic E-state index is 12.8. The number of aromatic nitrogens is 4. The average molecular weight is 333 g/mol. The summed E-state index contributed by atoms with van der Waals surface area (Å²) >= 11 is 0. The summed E-state index contributed by atoms with van der Waals surface area (Å²) in [6.07, 6.45) is 0.0790. The minimum atomic E-state index is -0.475. The molecular formula is C17H11N5O3. The fourth-order valence-electron chi connectivity index (χ4n) is 2.90. The van der Waals surface area contributed by atoms with Crippen LogP contribution in [0.25, 0.3) is 11.3 Å². The van der Waals surface area contributed by atoms with E-state index in [1.807, 2.05) is 30.3 Å². The van der Waals surface area contributed by atoms with Gasteiger partial charge in [0.25, 0.3) is 5.69 Å². The first-order valence-corrected chi connectivity index (χ1v) is 7.50. The second kappa shape index (κ2) is 5.75. The van der Waals surface area contributed by atoms with Crippen LogP contribution >= 0.6 is 0 Å². The quantitative estimate of drug-likeness (QED) is 0.537. The maximum absolute atomic E-state index is 12.8. The molecule has 0 aliphatic carbocycles. The molecular weight excluding hydrogens is 322 g/mol. The van der Waals surface area contributed by atoms with E-state index in [9.17, 15) is 14.9 Å². The summed E-state index contributed by atoms with van der Waals surface area (Å²) in [6, 6.07) is 15.2. The number of nitro benzene ring substituents is 1. The van der Waals surface area contributed by atoms with Gasteiger partial charge in [-0.1, -0.05) is 42.5 Å². The number of Topliss-reactive ketones (excluding diaryl/α,β-unsaturated/α-hetero) is 1. The van der Waals surface area contributed by atoms with Gasteiger partial charge in [-0.15, -0.1) is 5.10 Å². The maximum Gasteiger partial charge on any atom is 0.270 e. The van der Waals surface area contributed by atoms with Crippen LogP contribution < -0.4 is 0 Å². The molecule has 0 saturated carbocycles. The number of rotatable bonds is 3. The molecule has 0 N–H and O–H groups in total. The molecule has 25 heavy (non-hydrogen) atoms. The Balaban J connectivity index is 2.03. The lowest BCUT2D eigenvalue weighted by molar-refractivity contribution is -0.384. The van der Waals surface area contributed by atoms with Crippen LogP contribution in [0.15, 0.2) is 54.6 Å². The van der Waals surface area contributed by atoms with Crippen molar-refractivity contribution in [1.82, 2.24) is 20.2 Å². The van der Waals surface area contributed by atoms with Gasteiger partial charge in [-0.2, -0.15) is 4.68 Å². The van der Waals surface area contributed by atoms with Crippen molar-refractivity contribution in [1.29, 1.82) is 0 Å². The van der Waals surface area contributed by atoms with E-state index in [4.69, 9.17) is 0 Å². The molecule has 0 unspecified atom stereocenters. The monoisotopic (exact) mass is 333 g/mol. The Bertz CT molecular complexity index is 1020. The average Bonchev–Trinajstić information content (AvgIpc) is 3.09. The van der Waals surface area contributed by atoms with Gasteiger partial charge in [0, 0.05) is 17.7 Å². The largest absolute Gasteiger partial charge is 0.294 e. The van der Waals surface area contributed by atoms with Crippen LogP contribution in [0, 0.1) is 10.1 Å². The smallest absolute Gasteiger partial charge is 0.270 e. The van der Waals surface area contributed by atoms with Gasteiger partial charge in [-0.3, -0.25) is 14.9 Å². The van der Waals surface area contributed by atoms with Crippen LogP contribution in [0.3, 0.4) is 0 Å². The van der Waals surface area contributed by atoms with Gasteiger partial charge in [-0.05, 0) is 16.0 Å². The minimum Gasteiger partial charge on any atom is -0.294 e. The predicted octanol–water partition coefficient (Wildman–Crippen LogP) is 2.12. The molecule has 122 valence electrons. The molecule has 4 rings (SSSR count). The normalized spacial score (nSPS) is 13.7. The van der Waals surface area contributed by atoms with Crippen LogP contribution in [-0.4, -0.2) is 30.9 Å². The Hall–Kier alpha value is -3.68. The van der Waals surface area contributed by atoms with E-state index in [1.54, 1.807) is 12.1 Å². The zero-order chi connectivity index (χ0) is 17.4. The number of allylic oxidation sites excluding steroid dienone is 1. The number of fused-ring (bicyclic) bond motifs is 1. The van der Waals surface area contributed by atoms with Gasteiger partial charge in [-0.25, -0.2) is 0 Å². The fraction of sp³-hybridized carbons (Fsp3) is 0.0588. The Labute approximate surface area is 141 Å². The van der Waals surface area contributed by atoms with E-state index >= 15 is 0 Å². The third kappa shape index (κ3) is 2.49. The number of carbonyl (C=O) groups excluding carboxylic acids is 1. The minimum absolute atomic E-state index is 0.0648. The number of tetrazole rings is 1. The molecule has 1 aliphatic rings. The molecule has 8 nitrogen and oxygen atoms in total. The lowest BCUT2D eigenvalue weighted by atomic mass is 9.92. The SMILES string of the molecule is O=C1Cc2nnnn2C(c2cccc([N+](=O)[O-])c2)=C1c1ccccc1. The van der Waals surface area contributed by atoms with Crippen LogP contribution in [0.2, 0.25) is 0 Å². The first-order chi connectivity index (χ1) is 12.1. The van der Waals surface area contributed by atoms with Crippen LogP contribution in [0.5, 0.6) is 0 Å². The van der Waals surface area contributed by atoms with Crippen molar-refractivity contribution < 1.29 is 9.72 Å². The summed E-state index contributed by atoms with van der Waals surface area (Å²) < 4.78 is 1.47. The van der Waals surface area contributed by atoms with Gasteiger partial charge in [0.15, 0.2) is 11.6 Å². The van der Waals surface area contributed by atoms with E-state index in [0.29, 0.717) is 22.7 Å². The lowest BCUT2D eigenvalue weighted by Crippen LogP contribution is -2.21. The molecule has 0 bridgehead atoms. The molecule has 0 fully saturated rings. The predicted molar refractivity (Wildman–Crippen MR) is 88.3 cm³/mol. The summed E-state index contributed by atoms with van der Waals surface area (Å²) in [4.78, 5) is 23.4. The number of ketones is 1. The number of benzene rings is 2. The van der Waals surface area contributed by atoms with Crippen molar-refractivity contribution in [2.24, 2.45) is 0 Å². The molecule has 2 heterocycles. The summed E-state index contributed by atoms with van der Waals surface area (Å²) in [5.74, 6) is 0.279. The van der Waals surface area contributed by atoms with Crippen molar-refractivity contribution in [3.8, 4) is 0 Å². The number of carbonyl (C=O) groups is 1. The Morgan fingerprint density at radius 1 is 1.04 bits per heavy atom. The van der Waals surface area contributed by atoms with E-state index in [2.05, 4.69) is 15.5 Å². The Kier molecular flexibility index (Phi) is 3.42. The topological polar surface area (TPSA) is 104 Å². The molecule has 0 spiro atoms. The van der Waals surface area contributed by atoms with Gasteiger partial charge >= 0.3 is 0 Å². The summed E-state index contributed by atoms with van der Waals surface area (Å²) in [5, 5.41) is 22.6. The van der Waals surface area contributed by atoms with Crippen molar-refractivity contribution in [2.45, 2.75) is 6.42 Å². The second-order valence-corrected chi connectivity index (χ2v) is 5.50. The molecule has 0 radical (unpaired) electrons. The molecule has 1 aliphatic heterocycles. The highest BCUT2D eigenvalue weighted by Gasteiger charge is 2.30. The van der Waals surface area contributed by atoms with E-state index in [0.717, 1.165) is 5.56 Å². The zero-order valence-corrected chi connectivity index (χ0v) is 12.9. The van der Waals surface area contributed by atoms with Gasteiger partial charge in [0.2, 0.25) is 0 Å². The fourth-order valence-corrected chi connectivity index (χ4v) is 2.90. The van der Waals surface area contributed by atoms with E-state index in [-0.39, 0.29) is 17.9 Å². The molecule has 2 aromatic carbocycles. The number of non-ortho nitro benzene ring substituents is 1. The van der Waals surface area contributed by atoms with Gasteiger partial charge in [0.05, 0.1) is 22.6 Å². The molecule has 1 aromatic heterocycles. The third-order valence-electron chi connectivity index (χ3n) is 3.97. The summed E-state index contributed by atoms with van der Waals surface area (Å²) in [6.45, 7) is 0. The zero-order valence-electron chi connectivity index (χ0n) is 12.9. The Morgan fingerprint density at radius 2 is 1.80 bits per heavy atom. The Morgan fingerprint density at radius 3 is 2.56 bits per heavy atom. The number of nitrogens with zero attached hydrogens (tertiary/aromatic N) is 5. The molecule has 0 saturated heterocycles. The molecule has 3 aromatic rings. The molecule has 0 amide bonds. The first kappa shape index (κ1) is 14.9. The van der Waals surface area contributed by atoms with Crippen LogP contribution in [-0.2, 0) is 11.2 Å². The number of hydrogen-bond acceptors (Lipinski definition) is 6. The van der Waals surface area contributed by atoms with Crippen LogP contribution in [0.4, 0.5) is 5.69 Å². The highest BCUT2D eigenvalue weighted by atomic mass is 16.6. The molecule has 0 atom stereocenters. The third-order valence-corrected chi connectivity index (χ3v) is 3.97. The van der Waals surface area contributed by atoms with Crippen LogP contribution in [0.1, 0.15) is 17.0 Å². The lowest BCUT2D eigenvalue weighted by Gasteiger charge is -2.20. The summed E-state index contributed by atoms with van der Waals surface area (Å²) in [7, 11) is 0. The van der Waals surface area contributed by atoms with E-state index in [1.165, 1.54) is 16.8 Å². The number of nitro groups is 1. The van der Waals surface area contributed by atoms with Crippen molar-refractivity contribution in [2.75, 3.05) is 0 Å². The highest BCUT2D eigenvalue weighted by Crippen LogP contribution is 2.34. The van der Waals surface area contributed by atoms with Crippen molar-refractivity contribution >= 4 is 22.7 Å². The first-order valence-electron chi connectivity index (χ1n) is 7.50. The van der Waals surface area contributed by atoms with Gasteiger partial charge in [0.1, 0.15) is 0 Å².